The van der Waals surface area contributed by atoms with Crippen molar-refractivity contribution in [3.8, 4) is 11.5 Å². The lowest BCUT2D eigenvalue weighted by molar-refractivity contribution is -0.123. The van der Waals surface area contributed by atoms with Crippen LogP contribution in [0, 0.1) is 0 Å². The van der Waals surface area contributed by atoms with Crippen LogP contribution in [0.25, 0.3) is 0 Å². The van der Waals surface area contributed by atoms with Crippen molar-refractivity contribution >= 4 is 5.91 Å². The summed E-state index contributed by atoms with van der Waals surface area (Å²) < 4.78 is 11.0. The van der Waals surface area contributed by atoms with Gasteiger partial charge in [-0.2, -0.15) is 0 Å². The fourth-order valence-corrected chi connectivity index (χ4v) is 2.60. The zero-order valence-corrected chi connectivity index (χ0v) is 12.5. The van der Waals surface area contributed by atoms with Crippen molar-refractivity contribution in [2.24, 2.45) is 0 Å². The Kier molecular flexibility index (Phi) is 4.01. The summed E-state index contributed by atoms with van der Waals surface area (Å²) in [6.07, 6.45) is 3.06. The molecule has 5 heteroatoms. The molecule has 2 atom stereocenters. The van der Waals surface area contributed by atoms with Crippen molar-refractivity contribution in [3.63, 3.8) is 0 Å². The molecule has 1 amide bonds. The number of carbonyl (C=O) groups excluding carboxylic acids is 1. The molecular formula is C16H22N2O3. The Hall–Kier alpha value is -1.75. The van der Waals surface area contributed by atoms with Crippen molar-refractivity contribution in [1.29, 1.82) is 0 Å². The normalized spacial score (nSPS) is 21.9. The zero-order chi connectivity index (χ0) is 14.8. The highest BCUT2D eigenvalue weighted by atomic mass is 16.5. The van der Waals surface area contributed by atoms with Gasteiger partial charge in [-0.15, -0.1) is 0 Å². The summed E-state index contributed by atoms with van der Waals surface area (Å²) in [6.45, 7) is 2.57. The molecule has 0 saturated heterocycles. The topological polar surface area (TPSA) is 59.6 Å². The van der Waals surface area contributed by atoms with Crippen molar-refractivity contribution in [1.82, 2.24) is 10.6 Å². The van der Waals surface area contributed by atoms with Crippen molar-refractivity contribution in [3.05, 3.63) is 23.8 Å². The Labute approximate surface area is 125 Å². The molecule has 1 heterocycles. The van der Waals surface area contributed by atoms with E-state index in [2.05, 4.69) is 10.6 Å². The molecule has 2 unspecified atom stereocenters. The lowest BCUT2D eigenvalue weighted by atomic mass is 9.99. The van der Waals surface area contributed by atoms with Crippen LogP contribution in [-0.4, -0.2) is 31.7 Å². The third-order valence-corrected chi connectivity index (χ3v) is 4.02. The summed E-state index contributed by atoms with van der Waals surface area (Å²) in [5.41, 5.74) is 1.06. The van der Waals surface area contributed by atoms with E-state index < -0.39 is 0 Å². The molecule has 1 aliphatic carbocycles. The van der Waals surface area contributed by atoms with E-state index >= 15 is 0 Å². The number of hydrogen-bond acceptors (Lipinski definition) is 4. The first-order valence-corrected chi connectivity index (χ1v) is 7.54. The fraction of sp³-hybridized carbons (Fsp3) is 0.562. The number of nitrogens with one attached hydrogen (secondary N) is 2. The molecule has 1 aromatic carbocycles. The van der Waals surface area contributed by atoms with Gasteiger partial charge < -0.3 is 14.8 Å². The lowest BCUT2D eigenvalue weighted by Crippen LogP contribution is -2.45. The number of methoxy groups -OCH3 is 1. The second-order valence-electron chi connectivity index (χ2n) is 5.76. The van der Waals surface area contributed by atoms with E-state index in [1.165, 1.54) is 0 Å². The van der Waals surface area contributed by atoms with Crippen LogP contribution in [0.5, 0.6) is 11.5 Å². The molecular weight excluding hydrogens is 268 g/mol. The lowest BCUT2D eigenvalue weighted by Gasteiger charge is -2.29. The monoisotopic (exact) mass is 290 g/mol. The van der Waals surface area contributed by atoms with Crippen LogP contribution in [0.15, 0.2) is 18.2 Å². The Balaban J connectivity index is 1.70. The molecule has 0 aromatic heterocycles. The standard InChI is InChI=1S/C16H22N2O3/c1-10(16(19)18-11-3-4-11)17-14-7-8-21-15-6-5-12(20-2)9-13(14)15/h5-6,9-11,14,17H,3-4,7-8H2,1-2H3,(H,18,19). The molecule has 2 aliphatic rings. The third kappa shape index (κ3) is 3.29. The Morgan fingerprint density at radius 2 is 2.19 bits per heavy atom. The van der Waals surface area contributed by atoms with E-state index in [-0.39, 0.29) is 18.0 Å². The van der Waals surface area contributed by atoms with E-state index in [9.17, 15) is 4.79 Å². The average molecular weight is 290 g/mol. The second kappa shape index (κ2) is 5.93. The molecule has 21 heavy (non-hydrogen) atoms. The van der Waals surface area contributed by atoms with E-state index in [0.717, 1.165) is 36.3 Å². The van der Waals surface area contributed by atoms with Gasteiger partial charge in [0.1, 0.15) is 11.5 Å². The minimum absolute atomic E-state index is 0.0773. The van der Waals surface area contributed by atoms with Crippen molar-refractivity contribution in [2.75, 3.05) is 13.7 Å². The SMILES string of the molecule is COc1ccc2c(c1)C(NC(C)C(=O)NC1CC1)CCO2. The summed E-state index contributed by atoms with van der Waals surface area (Å²) in [5, 5.41) is 6.44. The first-order valence-electron chi connectivity index (χ1n) is 7.54. The minimum Gasteiger partial charge on any atom is -0.497 e. The molecule has 0 radical (unpaired) electrons. The van der Waals surface area contributed by atoms with Crippen LogP contribution < -0.4 is 20.1 Å². The van der Waals surface area contributed by atoms with Gasteiger partial charge in [0, 0.05) is 24.1 Å². The Morgan fingerprint density at radius 3 is 2.90 bits per heavy atom. The Morgan fingerprint density at radius 1 is 1.38 bits per heavy atom. The molecule has 1 aliphatic heterocycles. The molecule has 0 bridgehead atoms. The highest BCUT2D eigenvalue weighted by Gasteiger charge is 2.28. The molecule has 114 valence electrons. The summed E-state index contributed by atoms with van der Waals surface area (Å²) in [5.74, 6) is 1.75. The van der Waals surface area contributed by atoms with Crippen molar-refractivity contribution < 1.29 is 14.3 Å². The molecule has 0 spiro atoms. The number of hydrogen-bond donors (Lipinski definition) is 2. The van der Waals surface area contributed by atoms with Gasteiger partial charge in [0.15, 0.2) is 0 Å². The van der Waals surface area contributed by atoms with E-state index in [1.807, 2.05) is 25.1 Å². The van der Waals surface area contributed by atoms with E-state index in [4.69, 9.17) is 9.47 Å². The van der Waals surface area contributed by atoms with Crippen LogP contribution in [0.1, 0.15) is 37.8 Å². The molecule has 5 nitrogen and oxygen atoms in total. The highest BCUT2D eigenvalue weighted by molar-refractivity contribution is 5.81. The van der Waals surface area contributed by atoms with Gasteiger partial charge in [0.25, 0.3) is 0 Å². The van der Waals surface area contributed by atoms with E-state index in [0.29, 0.717) is 12.6 Å². The third-order valence-electron chi connectivity index (χ3n) is 4.02. The largest absolute Gasteiger partial charge is 0.497 e. The maximum Gasteiger partial charge on any atom is 0.237 e. The number of carbonyl (C=O) groups is 1. The average Bonchev–Trinajstić information content (AvgIpc) is 3.31. The first kappa shape index (κ1) is 14.2. The van der Waals surface area contributed by atoms with Gasteiger partial charge in [-0.25, -0.2) is 0 Å². The quantitative estimate of drug-likeness (QED) is 0.868. The first-order chi connectivity index (χ1) is 10.2. The van der Waals surface area contributed by atoms with Crippen LogP contribution in [0.4, 0.5) is 0 Å². The van der Waals surface area contributed by atoms with Gasteiger partial charge in [-0.05, 0) is 38.0 Å². The van der Waals surface area contributed by atoms with Crippen LogP contribution >= 0.6 is 0 Å². The highest BCUT2D eigenvalue weighted by Crippen LogP contribution is 2.35. The van der Waals surface area contributed by atoms with Gasteiger partial charge in [0.2, 0.25) is 5.91 Å². The number of benzene rings is 1. The van der Waals surface area contributed by atoms with Gasteiger partial charge in [-0.3, -0.25) is 10.1 Å². The predicted octanol–water partition coefficient (Wildman–Crippen LogP) is 1.78. The van der Waals surface area contributed by atoms with Gasteiger partial charge in [-0.1, -0.05) is 0 Å². The summed E-state index contributed by atoms with van der Waals surface area (Å²) in [4.78, 5) is 12.1. The second-order valence-corrected chi connectivity index (χ2v) is 5.76. The summed E-state index contributed by atoms with van der Waals surface area (Å²) in [6, 6.07) is 6.10. The minimum atomic E-state index is -0.215. The number of ether oxygens (including phenoxy) is 2. The predicted molar refractivity (Wildman–Crippen MR) is 79.6 cm³/mol. The Bertz CT molecular complexity index is 528. The van der Waals surface area contributed by atoms with Gasteiger partial charge >= 0.3 is 0 Å². The number of rotatable bonds is 5. The smallest absolute Gasteiger partial charge is 0.237 e. The summed E-state index contributed by atoms with van der Waals surface area (Å²) in [7, 11) is 1.65. The number of fused-ring (bicyclic) bond motifs is 1. The number of amides is 1. The van der Waals surface area contributed by atoms with Crippen LogP contribution in [-0.2, 0) is 4.79 Å². The molecule has 1 aromatic rings. The summed E-state index contributed by atoms with van der Waals surface area (Å²) >= 11 is 0. The molecule has 1 saturated carbocycles. The zero-order valence-electron chi connectivity index (χ0n) is 12.5. The molecule has 1 fully saturated rings. The van der Waals surface area contributed by atoms with Crippen LogP contribution in [0.2, 0.25) is 0 Å². The maximum atomic E-state index is 12.1. The molecule has 2 N–H and O–H groups in total. The maximum absolute atomic E-state index is 12.1. The molecule has 3 rings (SSSR count). The van der Waals surface area contributed by atoms with Crippen molar-refractivity contribution in [2.45, 2.75) is 44.3 Å². The fourth-order valence-electron chi connectivity index (χ4n) is 2.60. The van der Waals surface area contributed by atoms with Crippen LogP contribution in [0.3, 0.4) is 0 Å². The van der Waals surface area contributed by atoms with E-state index in [1.54, 1.807) is 7.11 Å². The van der Waals surface area contributed by atoms with Gasteiger partial charge in [0.05, 0.1) is 19.8 Å².